The standard InChI is InChI=1S/C16H20N4O5S/c1-12-17-16(25-18-12)13-3-5-14(6-4-13)20(26(2,22)23)11-15(21)19-7-9-24-10-8-19/h3-6H,7-11H2,1-2H3. The largest absolute Gasteiger partial charge is 0.378 e. The Hall–Kier alpha value is -2.46. The highest BCUT2D eigenvalue weighted by atomic mass is 32.2. The molecule has 1 aliphatic heterocycles. The minimum absolute atomic E-state index is 0.252. The lowest BCUT2D eigenvalue weighted by Crippen LogP contribution is -2.47. The molecule has 1 amide bonds. The number of benzene rings is 1. The van der Waals surface area contributed by atoms with Gasteiger partial charge in [-0.1, -0.05) is 5.16 Å². The highest BCUT2D eigenvalue weighted by molar-refractivity contribution is 7.92. The number of hydrogen-bond acceptors (Lipinski definition) is 7. The van der Waals surface area contributed by atoms with Gasteiger partial charge in [0.2, 0.25) is 15.9 Å². The van der Waals surface area contributed by atoms with Crippen LogP contribution in [-0.2, 0) is 19.6 Å². The third kappa shape index (κ3) is 4.20. The molecule has 10 heteroatoms. The molecule has 0 bridgehead atoms. The molecular formula is C16H20N4O5S. The van der Waals surface area contributed by atoms with Gasteiger partial charge < -0.3 is 14.2 Å². The number of nitrogens with zero attached hydrogens (tertiary/aromatic N) is 4. The zero-order valence-corrected chi connectivity index (χ0v) is 15.4. The molecule has 140 valence electrons. The summed E-state index contributed by atoms with van der Waals surface area (Å²) in [6.45, 7) is 3.31. The number of anilines is 1. The molecule has 1 aliphatic rings. The molecule has 26 heavy (non-hydrogen) atoms. The average molecular weight is 380 g/mol. The number of aromatic nitrogens is 2. The summed E-state index contributed by atoms with van der Waals surface area (Å²) in [5.41, 5.74) is 1.07. The van der Waals surface area contributed by atoms with E-state index < -0.39 is 10.0 Å². The van der Waals surface area contributed by atoms with Gasteiger partial charge in [-0.05, 0) is 31.2 Å². The second kappa shape index (κ2) is 7.42. The van der Waals surface area contributed by atoms with E-state index in [0.29, 0.717) is 49.3 Å². The Kier molecular flexibility index (Phi) is 5.23. The molecule has 0 saturated carbocycles. The van der Waals surface area contributed by atoms with Crippen LogP contribution in [0, 0.1) is 6.92 Å². The van der Waals surface area contributed by atoms with Crippen molar-refractivity contribution in [2.24, 2.45) is 0 Å². The van der Waals surface area contributed by atoms with E-state index in [1.165, 1.54) is 0 Å². The minimum atomic E-state index is -3.62. The van der Waals surface area contributed by atoms with Gasteiger partial charge in [0, 0.05) is 18.7 Å². The first-order chi connectivity index (χ1) is 12.3. The molecule has 0 atom stereocenters. The van der Waals surface area contributed by atoms with Crippen LogP contribution in [0.4, 0.5) is 5.69 Å². The Morgan fingerprint density at radius 2 is 1.88 bits per heavy atom. The van der Waals surface area contributed by atoms with Crippen LogP contribution in [0.1, 0.15) is 5.82 Å². The number of sulfonamides is 1. The summed E-state index contributed by atoms with van der Waals surface area (Å²) in [5, 5.41) is 3.73. The summed E-state index contributed by atoms with van der Waals surface area (Å²) >= 11 is 0. The van der Waals surface area contributed by atoms with Gasteiger partial charge in [-0.2, -0.15) is 4.98 Å². The van der Waals surface area contributed by atoms with E-state index in [1.807, 2.05) is 0 Å². The topological polar surface area (TPSA) is 106 Å². The summed E-state index contributed by atoms with van der Waals surface area (Å²) in [6, 6.07) is 6.59. The molecule has 0 N–H and O–H groups in total. The lowest BCUT2D eigenvalue weighted by Gasteiger charge is -2.30. The molecule has 0 spiro atoms. The summed E-state index contributed by atoms with van der Waals surface area (Å²) < 4.78 is 35.8. The predicted molar refractivity (Wildman–Crippen MR) is 94.1 cm³/mol. The van der Waals surface area contributed by atoms with Crippen LogP contribution >= 0.6 is 0 Å². The maximum atomic E-state index is 12.5. The van der Waals surface area contributed by atoms with Gasteiger partial charge in [-0.15, -0.1) is 0 Å². The number of aryl methyl sites for hydroxylation is 1. The molecule has 1 fully saturated rings. The molecule has 1 saturated heterocycles. The fourth-order valence-corrected chi connectivity index (χ4v) is 3.47. The number of amides is 1. The number of morpholine rings is 1. The van der Waals surface area contributed by atoms with Crippen molar-refractivity contribution in [3.05, 3.63) is 30.1 Å². The van der Waals surface area contributed by atoms with E-state index in [9.17, 15) is 13.2 Å². The number of carbonyl (C=O) groups is 1. The van der Waals surface area contributed by atoms with Crippen molar-refractivity contribution in [3.63, 3.8) is 0 Å². The van der Waals surface area contributed by atoms with Gasteiger partial charge in [0.05, 0.1) is 25.2 Å². The first kappa shape index (κ1) is 18.3. The Bertz CT molecular complexity index is 872. The van der Waals surface area contributed by atoms with Crippen LogP contribution in [0.15, 0.2) is 28.8 Å². The lowest BCUT2D eigenvalue weighted by molar-refractivity contribution is -0.133. The van der Waals surface area contributed by atoms with Crippen molar-refractivity contribution in [1.82, 2.24) is 15.0 Å². The molecule has 3 rings (SSSR count). The molecule has 9 nitrogen and oxygen atoms in total. The second-order valence-corrected chi connectivity index (χ2v) is 7.86. The summed E-state index contributed by atoms with van der Waals surface area (Å²) in [6.07, 6.45) is 1.08. The molecule has 1 aromatic carbocycles. The van der Waals surface area contributed by atoms with Gasteiger partial charge in [0.25, 0.3) is 5.89 Å². The number of carbonyl (C=O) groups excluding carboxylic acids is 1. The summed E-state index contributed by atoms with van der Waals surface area (Å²) in [5.74, 6) is 0.609. The van der Waals surface area contributed by atoms with Gasteiger partial charge in [0.15, 0.2) is 5.82 Å². The smallest absolute Gasteiger partial charge is 0.257 e. The molecule has 0 radical (unpaired) electrons. The third-order valence-electron chi connectivity index (χ3n) is 3.97. The maximum Gasteiger partial charge on any atom is 0.257 e. The zero-order chi connectivity index (χ0) is 18.7. The maximum absolute atomic E-state index is 12.5. The van der Waals surface area contributed by atoms with Crippen molar-refractivity contribution in [2.45, 2.75) is 6.92 Å². The minimum Gasteiger partial charge on any atom is -0.378 e. The second-order valence-electron chi connectivity index (χ2n) is 5.96. The molecular weight excluding hydrogens is 360 g/mol. The SMILES string of the molecule is Cc1noc(-c2ccc(N(CC(=O)N3CCOCC3)S(C)(=O)=O)cc2)n1. The highest BCUT2D eigenvalue weighted by Crippen LogP contribution is 2.23. The molecule has 2 heterocycles. The number of hydrogen-bond donors (Lipinski definition) is 0. The molecule has 2 aromatic rings. The van der Waals surface area contributed by atoms with Crippen LogP contribution < -0.4 is 4.31 Å². The monoisotopic (exact) mass is 380 g/mol. The highest BCUT2D eigenvalue weighted by Gasteiger charge is 2.25. The third-order valence-corrected chi connectivity index (χ3v) is 5.11. The van der Waals surface area contributed by atoms with E-state index in [1.54, 1.807) is 36.1 Å². The van der Waals surface area contributed by atoms with Gasteiger partial charge in [-0.25, -0.2) is 8.42 Å². The molecule has 0 aliphatic carbocycles. The van der Waals surface area contributed by atoms with E-state index in [-0.39, 0.29) is 12.5 Å². The quantitative estimate of drug-likeness (QED) is 0.750. The Morgan fingerprint density at radius 1 is 1.23 bits per heavy atom. The fraction of sp³-hybridized carbons (Fsp3) is 0.438. The summed E-state index contributed by atoms with van der Waals surface area (Å²) in [4.78, 5) is 18.2. The normalized spacial score (nSPS) is 15.1. The van der Waals surface area contributed by atoms with Crippen LogP contribution in [0.5, 0.6) is 0 Å². The van der Waals surface area contributed by atoms with Crippen molar-refractivity contribution >= 4 is 21.6 Å². The van der Waals surface area contributed by atoms with Crippen LogP contribution in [0.2, 0.25) is 0 Å². The van der Waals surface area contributed by atoms with Crippen LogP contribution in [0.25, 0.3) is 11.5 Å². The Morgan fingerprint density at radius 3 is 2.42 bits per heavy atom. The predicted octanol–water partition coefficient (Wildman–Crippen LogP) is 0.670. The van der Waals surface area contributed by atoms with Crippen molar-refractivity contribution in [3.8, 4) is 11.5 Å². The lowest BCUT2D eigenvalue weighted by atomic mass is 10.2. The molecule has 1 aromatic heterocycles. The number of rotatable bonds is 5. The van der Waals surface area contributed by atoms with E-state index in [0.717, 1.165) is 10.6 Å². The Balaban J connectivity index is 1.80. The van der Waals surface area contributed by atoms with E-state index >= 15 is 0 Å². The van der Waals surface area contributed by atoms with Gasteiger partial charge >= 0.3 is 0 Å². The first-order valence-corrected chi connectivity index (χ1v) is 9.93. The van der Waals surface area contributed by atoms with Gasteiger partial charge in [-0.3, -0.25) is 9.10 Å². The molecule has 0 unspecified atom stereocenters. The van der Waals surface area contributed by atoms with Crippen LogP contribution in [0.3, 0.4) is 0 Å². The van der Waals surface area contributed by atoms with Gasteiger partial charge in [0.1, 0.15) is 6.54 Å². The summed E-state index contributed by atoms with van der Waals surface area (Å²) in [7, 11) is -3.62. The van der Waals surface area contributed by atoms with Crippen molar-refractivity contribution in [1.29, 1.82) is 0 Å². The zero-order valence-electron chi connectivity index (χ0n) is 14.6. The fourth-order valence-electron chi connectivity index (χ4n) is 2.62. The van der Waals surface area contributed by atoms with E-state index in [2.05, 4.69) is 10.1 Å². The van der Waals surface area contributed by atoms with Crippen molar-refractivity contribution < 1.29 is 22.5 Å². The van der Waals surface area contributed by atoms with E-state index in [4.69, 9.17) is 9.26 Å². The van der Waals surface area contributed by atoms with Crippen molar-refractivity contribution in [2.75, 3.05) is 43.4 Å². The van der Waals surface area contributed by atoms with Crippen LogP contribution in [-0.4, -0.2) is 68.5 Å². The number of ether oxygens (including phenoxy) is 1. The Labute approximate surface area is 151 Å². The first-order valence-electron chi connectivity index (χ1n) is 8.08. The average Bonchev–Trinajstić information content (AvgIpc) is 3.06.